The Balaban J connectivity index is 1.97. The van der Waals surface area contributed by atoms with Crippen molar-refractivity contribution in [3.63, 3.8) is 0 Å². The second-order valence-corrected chi connectivity index (χ2v) is 7.19. The summed E-state index contributed by atoms with van der Waals surface area (Å²) in [5.41, 5.74) is 5.00. The molecule has 0 aliphatic carbocycles. The van der Waals surface area contributed by atoms with E-state index in [4.69, 9.17) is 9.15 Å². The van der Waals surface area contributed by atoms with Gasteiger partial charge in [0.2, 0.25) is 0 Å². The fourth-order valence-electron chi connectivity index (χ4n) is 3.68. The van der Waals surface area contributed by atoms with Gasteiger partial charge in [-0.2, -0.15) is 0 Å². The molecule has 3 aromatic carbocycles. The van der Waals surface area contributed by atoms with Crippen molar-refractivity contribution in [3.05, 3.63) is 78.4 Å². The van der Waals surface area contributed by atoms with Crippen LogP contribution in [0.2, 0.25) is 0 Å². The van der Waals surface area contributed by atoms with Crippen LogP contribution in [0.25, 0.3) is 33.8 Å². The lowest BCUT2D eigenvalue weighted by atomic mass is 9.93. The lowest BCUT2D eigenvalue weighted by Gasteiger charge is -2.08. The van der Waals surface area contributed by atoms with Crippen LogP contribution in [-0.2, 0) is 6.42 Å². The van der Waals surface area contributed by atoms with Crippen molar-refractivity contribution in [2.24, 2.45) is 0 Å². The van der Waals surface area contributed by atoms with Crippen LogP contribution in [0.3, 0.4) is 0 Å². The van der Waals surface area contributed by atoms with Gasteiger partial charge < -0.3 is 19.4 Å². The van der Waals surface area contributed by atoms with Gasteiger partial charge in [0.05, 0.1) is 7.11 Å². The molecule has 0 fully saturated rings. The number of furan rings is 1. The zero-order chi connectivity index (χ0) is 21.1. The summed E-state index contributed by atoms with van der Waals surface area (Å²) < 4.78 is 11.8. The van der Waals surface area contributed by atoms with Crippen molar-refractivity contribution in [2.45, 2.75) is 19.8 Å². The van der Waals surface area contributed by atoms with Crippen LogP contribution >= 0.6 is 0 Å². The van der Waals surface area contributed by atoms with E-state index in [-0.39, 0.29) is 11.5 Å². The fraction of sp³-hybridized carbons (Fsp3) is 0.154. The molecule has 0 atom stereocenters. The molecule has 30 heavy (non-hydrogen) atoms. The number of hydrogen-bond acceptors (Lipinski definition) is 4. The summed E-state index contributed by atoms with van der Waals surface area (Å²) in [6.07, 6.45) is 1.81. The smallest absolute Gasteiger partial charge is 0.142 e. The van der Waals surface area contributed by atoms with Gasteiger partial charge in [-0.3, -0.25) is 0 Å². The highest BCUT2D eigenvalue weighted by atomic mass is 16.5. The standard InChI is InChI=1S/C26H24O4/c1-3-4-23-24(17-9-15-22(29-2)16-10-17)26(19-7-13-21(28)14-8-19)30-25(23)18-5-11-20(27)12-6-18/h5-16,27-28H,3-4H2,1-2H3. The van der Waals surface area contributed by atoms with Crippen molar-refractivity contribution in [3.8, 4) is 51.0 Å². The fourth-order valence-corrected chi connectivity index (χ4v) is 3.68. The monoisotopic (exact) mass is 400 g/mol. The predicted octanol–water partition coefficient (Wildman–Crippen LogP) is 6.65. The Kier molecular flexibility index (Phi) is 5.48. The normalized spacial score (nSPS) is 10.9. The van der Waals surface area contributed by atoms with Crippen molar-refractivity contribution < 1.29 is 19.4 Å². The zero-order valence-electron chi connectivity index (χ0n) is 17.1. The molecule has 1 heterocycles. The molecule has 0 saturated carbocycles. The highest BCUT2D eigenvalue weighted by Gasteiger charge is 2.23. The van der Waals surface area contributed by atoms with Crippen LogP contribution in [0.5, 0.6) is 17.2 Å². The van der Waals surface area contributed by atoms with Crippen molar-refractivity contribution in [1.29, 1.82) is 0 Å². The van der Waals surface area contributed by atoms with E-state index in [1.54, 1.807) is 31.4 Å². The number of phenolic OH excluding ortho intramolecular Hbond substituents is 2. The molecule has 0 saturated heterocycles. The van der Waals surface area contributed by atoms with Crippen LogP contribution in [0.1, 0.15) is 18.9 Å². The molecule has 0 spiro atoms. The third-order valence-corrected chi connectivity index (χ3v) is 5.14. The Bertz CT molecular complexity index is 1120. The molecule has 4 nitrogen and oxygen atoms in total. The summed E-state index contributed by atoms with van der Waals surface area (Å²) in [6.45, 7) is 2.14. The number of phenols is 2. The molecule has 152 valence electrons. The van der Waals surface area contributed by atoms with Crippen LogP contribution in [0.4, 0.5) is 0 Å². The molecular formula is C26H24O4. The minimum absolute atomic E-state index is 0.212. The van der Waals surface area contributed by atoms with Gasteiger partial charge in [0.1, 0.15) is 28.8 Å². The van der Waals surface area contributed by atoms with Gasteiger partial charge in [-0.15, -0.1) is 0 Å². The van der Waals surface area contributed by atoms with Gasteiger partial charge in [0.25, 0.3) is 0 Å². The summed E-state index contributed by atoms with van der Waals surface area (Å²) in [5, 5.41) is 19.4. The molecule has 1 aromatic heterocycles. The average Bonchev–Trinajstić information content (AvgIpc) is 3.14. The Morgan fingerprint density at radius 1 is 0.700 bits per heavy atom. The van der Waals surface area contributed by atoms with Gasteiger partial charge >= 0.3 is 0 Å². The van der Waals surface area contributed by atoms with Gasteiger partial charge in [0.15, 0.2) is 0 Å². The van der Waals surface area contributed by atoms with Gasteiger partial charge in [0, 0.05) is 22.3 Å². The average molecular weight is 400 g/mol. The van der Waals surface area contributed by atoms with E-state index in [0.29, 0.717) is 0 Å². The van der Waals surface area contributed by atoms with E-state index in [1.165, 1.54) is 0 Å². The molecule has 4 aromatic rings. The molecule has 0 aliphatic rings. The minimum atomic E-state index is 0.212. The maximum Gasteiger partial charge on any atom is 0.142 e. The second-order valence-electron chi connectivity index (χ2n) is 7.19. The largest absolute Gasteiger partial charge is 0.508 e. The molecule has 4 rings (SSSR count). The van der Waals surface area contributed by atoms with Crippen LogP contribution < -0.4 is 4.74 Å². The highest BCUT2D eigenvalue weighted by molar-refractivity contribution is 5.88. The highest BCUT2D eigenvalue weighted by Crippen LogP contribution is 2.44. The van der Waals surface area contributed by atoms with E-state index in [1.807, 2.05) is 48.5 Å². The van der Waals surface area contributed by atoms with Crippen molar-refractivity contribution in [1.82, 2.24) is 0 Å². The van der Waals surface area contributed by atoms with Crippen molar-refractivity contribution in [2.75, 3.05) is 7.11 Å². The summed E-state index contributed by atoms with van der Waals surface area (Å²) in [6, 6.07) is 22.1. The summed E-state index contributed by atoms with van der Waals surface area (Å²) in [7, 11) is 1.65. The molecule has 2 N–H and O–H groups in total. The molecule has 4 heteroatoms. The van der Waals surface area contributed by atoms with Crippen molar-refractivity contribution >= 4 is 0 Å². The molecule has 0 radical (unpaired) electrons. The topological polar surface area (TPSA) is 62.8 Å². The number of benzene rings is 3. The first kappa shape index (κ1) is 19.6. The molecule has 0 unspecified atom stereocenters. The van der Waals surface area contributed by atoms with Crippen LogP contribution in [0, 0.1) is 0 Å². The third kappa shape index (κ3) is 3.77. The van der Waals surface area contributed by atoms with E-state index in [2.05, 4.69) is 6.92 Å². The van der Waals surface area contributed by atoms with E-state index < -0.39 is 0 Å². The zero-order valence-corrected chi connectivity index (χ0v) is 17.1. The summed E-state index contributed by atoms with van der Waals surface area (Å²) >= 11 is 0. The molecule has 0 amide bonds. The Labute approximate surface area is 176 Å². The third-order valence-electron chi connectivity index (χ3n) is 5.14. The number of aromatic hydroxyl groups is 2. The lowest BCUT2D eigenvalue weighted by molar-refractivity contribution is 0.415. The van der Waals surface area contributed by atoms with Gasteiger partial charge in [-0.25, -0.2) is 0 Å². The first-order valence-corrected chi connectivity index (χ1v) is 9.99. The Morgan fingerprint density at radius 3 is 1.70 bits per heavy atom. The molecule has 0 bridgehead atoms. The van der Waals surface area contributed by atoms with Gasteiger partial charge in [-0.05, 0) is 72.6 Å². The van der Waals surface area contributed by atoms with E-state index in [0.717, 1.165) is 57.9 Å². The number of rotatable bonds is 6. The van der Waals surface area contributed by atoms with E-state index in [9.17, 15) is 10.2 Å². The van der Waals surface area contributed by atoms with Gasteiger partial charge in [-0.1, -0.05) is 25.5 Å². The second kappa shape index (κ2) is 8.37. The van der Waals surface area contributed by atoms with E-state index >= 15 is 0 Å². The SMILES string of the molecule is CCCc1c(-c2ccc(O)cc2)oc(-c2ccc(O)cc2)c1-c1ccc(OC)cc1. The van der Waals surface area contributed by atoms with Crippen LogP contribution in [-0.4, -0.2) is 17.3 Å². The summed E-state index contributed by atoms with van der Waals surface area (Å²) in [5.74, 6) is 2.78. The first-order chi connectivity index (χ1) is 14.6. The Hall–Kier alpha value is -3.66. The quantitative estimate of drug-likeness (QED) is 0.380. The maximum atomic E-state index is 9.73. The number of hydrogen-bond donors (Lipinski definition) is 2. The maximum absolute atomic E-state index is 9.73. The molecule has 0 aliphatic heterocycles. The molecular weight excluding hydrogens is 376 g/mol. The number of methoxy groups -OCH3 is 1. The Morgan fingerprint density at radius 2 is 1.20 bits per heavy atom. The predicted molar refractivity (Wildman–Crippen MR) is 119 cm³/mol. The number of ether oxygens (including phenoxy) is 1. The minimum Gasteiger partial charge on any atom is -0.508 e. The van der Waals surface area contributed by atoms with Crippen LogP contribution in [0.15, 0.2) is 77.2 Å². The first-order valence-electron chi connectivity index (χ1n) is 9.99. The lowest BCUT2D eigenvalue weighted by Crippen LogP contribution is -1.90. The summed E-state index contributed by atoms with van der Waals surface area (Å²) in [4.78, 5) is 0.